The molecule has 1 aromatic rings. The Labute approximate surface area is 113 Å². The van der Waals surface area contributed by atoms with Gasteiger partial charge in [-0.1, -0.05) is 13.0 Å². The average molecular weight is 290 g/mol. The molecule has 0 atom stereocenters. The van der Waals surface area contributed by atoms with E-state index in [0.717, 1.165) is 6.07 Å². The maximum atomic E-state index is 12.4. The number of aromatic carboxylic acids is 1. The van der Waals surface area contributed by atoms with Gasteiger partial charge in [0.25, 0.3) is 5.91 Å². The number of carbonyl (C=O) groups excluding carboxylic acids is 1. The molecule has 1 heterocycles. The molecule has 1 aromatic heterocycles. The molecule has 0 radical (unpaired) electrons. The Kier molecular flexibility index (Phi) is 5.06. The van der Waals surface area contributed by atoms with Gasteiger partial charge in [0.15, 0.2) is 0 Å². The summed E-state index contributed by atoms with van der Waals surface area (Å²) in [5, 5.41) is 8.75. The molecule has 5 nitrogen and oxygen atoms in total. The minimum Gasteiger partial charge on any atom is -0.477 e. The number of halogens is 3. The number of carboxylic acid groups (broad SMARTS) is 1. The Morgan fingerprint density at radius 1 is 1.30 bits per heavy atom. The van der Waals surface area contributed by atoms with Crippen LogP contribution >= 0.6 is 0 Å². The first-order valence-corrected chi connectivity index (χ1v) is 5.81. The fourth-order valence-corrected chi connectivity index (χ4v) is 1.57. The average Bonchev–Trinajstić information content (AvgIpc) is 2.36. The predicted octanol–water partition coefficient (Wildman–Crippen LogP) is 2.19. The molecule has 20 heavy (non-hydrogen) atoms. The van der Waals surface area contributed by atoms with Crippen LogP contribution in [-0.4, -0.2) is 46.1 Å². The van der Waals surface area contributed by atoms with Crippen LogP contribution in [0.4, 0.5) is 13.2 Å². The van der Waals surface area contributed by atoms with Gasteiger partial charge >= 0.3 is 12.1 Å². The molecule has 0 aliphatic carbocycles. The van der Waals surface area contributed by atoms with E-state index in [0.29, 0.717) is 11.3 Å². The second-order valence-electron chi connectivity index (χ2n) is 4.06. The molecule has 1 rings (SSSR count). The standard InChI is InChI=1S/C12H13F3N2O3/c1-2-6-17(7-12(13,14)15)10(18)8-4-3-5-9(16-8)11(19)20/h3-5H,2,6-7H2,1H3,(H,19,20). The summed E-state index contributed by atoms with van der Waals surface area (Å²) in [5.41, 5.74) is -0.707. The van der Waals surface area contributed by atoms with Crippen LogP contribution < -0.4 is 0 Å². The third-order valence-electron chi connectivity index (χ3n) is 2.34. The lowest BCUT2D eigenvalue weighted by Gasteiger charge is -2.23. The van der Waals surface area contributed by atoms with Gasteiger partial charge in [0.2, 0.25) is 0 Å². The van der Waals surface area contributed by atoms with E-state index >= 15 is 0 Å². The number of hydrogen-bond donors (Lipinski definition) is 1. The van der Waals surface area contributed by atoms with Crippen molar-refractivity contribution < 1.29 is 27.9 Å². The molecule has 0 aromatic carbocycles. The van der Waals surface area contributed by atoms with Crippen molar-refractivity contribution in [2.24, 2.45) is 0 Å². The molecule has 0 bridgehead atoms. The first-order valence-electron chi connectivity index (χ1n) is 5.81. The Bertz CT molecular complexity index is 503. The first kappa shape index (κ1) is 15.9. The normalized spacial score (nSPS) is 11.2. The molecule has 0 saturated carbocycles. The van der Waals surface area contributed by atoms with Crippen LogP contribution in [0, 0.1) is 0 Å². The van der Waals surface area contributed by atoms with Crippen molar-refractivity contribution in [1.82, 2.24) is 9.88 Å². The highest BCUT2D eigenvalue weighted by Crippen LogP contribution is 2.18. The second-order valence-corrected chi connectivity index (χ2v) is 4.06. The van der Waals surface area contributed by atoms with Gasteiger partial charge in [-0.25, -0.2) is 9.78 Å². The molecule has 110 valence electrons. The highest BCUT2D eigenvalue weighted by Gasteiger charge is 2.33. The number of alkyl halides is 3. The van der Waals surface area contributed by atoms with Gasteiger partial charge in [-0.3, -0.25) is 4.79 Å². The third-order valence-corrected chi connectivity index (χ3v) is 2.34. The van der Waals surface area contributed by atoms with E-state index in [1.165, 1.54) is 12.1 Å². The fourth-order valence-electron chi connectivity index (χ4n) is 1.57. The minimum atomic E-state index is -4.52. The summed E-state index contributed by atoms with van der Waals surface area (Å²) >= 11 is 0. The van der Waals surface area contributed by atoms with Gasteiger partial charge in [0, 0.05) is 6.54 Å². The zero-order valence-electron chi connectivity index (χ0n) is 10.6. The summed E-state index contributed by atoms with van der Waals surface area (Å²) in [5.74, 6) is -2.29. The summed E-state index contributed by atoms with van der Waals surface area (Å²) in [4.78, 5) is 26.8. The lowest BCUT2D eigenvalue weighted by molar-refractivity contribution is -0.140. The molecule has 8 heteroatoms. The van der Waals surface area contributed by atoms with Crippen molar-refractivity contribution in [3.05, 3.63) is 29.6 Å². The van der Waals surface area contributed by atoms with E-state index in [4.69, 9.17) is 5.11 Å². The quantitative estimate of drug-likeness (QED) is 0.902. The molecular formula is C12H13F3N2O3. The van der Waals surface area contributed by atoms with Crippen LogP contribution in [0.3, 0.4) is 0 Å². The number of rotatable bonds is 5. The molecule has 0 aliphatic heterocycles. The number of hydrogen-bond acceptors (Lipinski definition) is 3. The van der Waals surface area contributed by atoms with Gasteiger partial charge < -0.3 is 10.0 Å². The topological polar surface area (TPSA) is 70.5 Å². The molecule has 0 spiro atoms. The molecule has 0 fully saturated rings. The van der Waals surface area contributed by atoms with Gasteiger partial charge in [0.05, 0.1) is 0 Å². The zero-order chi connectivity index (χ0) is 15.3. The summed E-state index contributed by atoms with van der Waals surface area (Å²) in [6.07, 6.45) is -4.17. The van der Waals surface area contributed by atoms with Crippen LogP contribution in [-0.2, 0) is 0 Å². The molecule has 0 unspecified atom stereocenters. The number of aromatic nitrogens is 1. The summed E-state index contributed by atoms with van der Waals surface area (Å²) in [7, 11) is 0. The van der Waals surface area contributed by atoms with Crippen molar-refractivity contribution in [2.75, 3.05) is 13.1 Å². The van der Waals surface area contributed by atoms with Gasteiger partial charge in [0.1, 0.15) is 17.9 Å². The Morgan fingerprint density at radius 3 is 2.40 bits per heavy atom. The molecule has 1 N–H and O–H groups in total. The fraction of sp³-hybridized carbons (Fsp3) is 0.417. The van der Waals surface area contributed by atoms with Gasteiger partial charge in [-0.05, 0) is 18.6 Å². The van der Waals surface area contributed by atoms with Crippen LogP contribution in [0.2, 0.25) is 0 Å². The minimum absolute atomic E-state index is 0.0860. The van der Waals surface area contributed by atoms with Gasteiger partial charge in [-0.2, -0.15) is 13.2 Å². The maximum absolute atomic E-state index is 12.4. The van der Waals surface area contributed by atoms with Crippen molar-refractivity contribution in [2.45, 2.75) is 19.5 Å². The van der Waals surface area contributed by atoms with Crippen molar-refractivity contribution in [3.8, 4) is 0 Å². The van der Waals surface area contributed by atoms with Crippen LogP contribution in [0.1, 0.15) is 34.3 Å². The number of amides is 1. The summed E-state index contributed by atoms with van der Waals surface area (Å²) in [6, 6.07) is 3.61. The largest absolute Gasteiger partial charge is 0.477 e. The van der Waals surface area contributed by atoms with Crippen LogP contribution in [0.15, 0.2) is 18.2 Å². The highest BCUT2D eigenvalue weighted by molar-refractivity contribution is 5.94. The smallest absolute Gasteiger partial charge is 0.406 e. The van der Waals surface area contributed by atoms with Crippen molar-refractivity contribution >= 4 is 11.9 Å². The van der Waals surface area contributed by atoms with E-state index in [1.807, 2.05) is 0 Å². The van der Waals surface area contributed by atoms with Crippen molar-refractivity contribution in [3.63, 3.8) is 0 Å². The lowest BCUT2D eigenvalue weighted by atomic mass is 10.2. The number of carboxylic acids is 1. The monoisotopic (exact) mass is 290 g/mol. The number of nitrogens with zero attached hydrogens (tertiary/aromatic N) is 2. The SMILES string of the molecule is CCCN(CC(F)(F)F)C(=O)c1cccc(C(=O)O)n1. The van der Waals surface area contributed by atoms with E-state index in [9.17, 15) is 22.8 Å². The van der Waals surface area contributed by atoms with Crippen LogP contribution in [0.25, 0.3) is 0 Å². The van der Waals surface area contributed by atoms with Gasteiger partial charge in [-0.15, -0.1) is 0 Å². The molecular weight excluding hydrogens is 277 g/mol. The van der Waals surface area contributed by atoms with Crippen LogP contribution in [0.5, 0.6) is 0 Å². The van der Waals surface area contributed by atoms with E-state index in [-0.39, 0.29) is 17.9 Å². The number of pyridine rings is 1. The summed E-state index contributed by atoms with van der Waals surface area (Å²) in [6.45, 7) is 0.160. The summed E-state index contributed by atoms with van der Waals surface area (Å²) < 4.78 is 37.2. The Balaban J connectivity index is 3.00. The first-order chi connectivity index (χ1) is 9.24. The molecule has 0 saturated heterocycles. The Morgan fingerprint density at radius 2 is 1.90 bits per heavy atom. The van der Waals surface area contributed by atoms with E-state index in [1.54, 1.807) is 6.92 Å². The maximum Gasteiger partial charge on any atom is 0.406 e. The second kappa shape index (κ2) is 6.36. The lowest BCUT2D eigenvalue weighted by Crippen LogP contribution is -2.39. The van der Waals surface area contributed by atoms with E-state index < -0.39 is 24.6 Å². The Hall–Kier alpha value is -2.12. The molecule has 1 amide bonds. The van der Waals surface area contributed by atoms with E-state index in [2.05, 4.69) is 4.98 Å². The molecule has 0 aliphatic rings. The van der Waals surface area contributed by atoms with Crippen molar-refractivity contribution in [1.29, 1.82) is 0 Å². The predicted molar refractivity (Wildman–Crippen MR) is 63.4 cm³/mol. The number of carbonyl (C=O) groups is 2. The third kappa shape index (κ3) is 4.52. The highest BCUT2D eigenvalue weighted by atomic mass is 19.4. The zero-order valence-corrected chi connectivity index (χ0v) is 10.6.